The van der Waals surface area contributed by atoms with Gasteiger partial charge in [-0.1, -0.05) is 12.8 Å². The summed E-state index contributed by atoms with van der Waals surface area (Å²) in [7, 11) is 4.26. The molecule has 0 bridgehead atoms. The predicted octanol–water partition coefficient (Wildman–Crippen LogP) is 0.682. The van der Waals surface area contributed by atoms with E-state index in [4.69, 9.17) is 0 Å². The molecule has 1 amide bonds. The van der Waals surface area contributed by atoms with Crippen LogP contribution >= 0.6 is 11.8 Å². The molecule has 104 valence electrons. The topological polar surface area (TPSA) is 44.4 Å². The van der Waals surface area contributed by atoms with Crippen LogP contribution in [0.3, 0.4) is 0 Å². The standard InChI is InChI=1S/C13H25N3OS/c1-16(2)13(5-3-4-6-13)10-15-12(17)11-9-18-8-7-14-11/h11,14H,3-10H2,1-2H3,(H,15,17). The van der Waals surface area contributed by atoms with Gasteiger partial charge in [0.15, 0.2) is 0 Å². The van der Waals surface area contributed by atoms with Gasteiger partial charge in [0.05, 0.1) is 6.04 Å². The normalized spacial score (nSPS) is 27.4. The molecule has 0 aromatic carbocycles. The van der Waals surface area contributed by atoms with Crippen molar-refractivity contribution in [2.75, 3.05) is 38.7 Å². The number of hydrogen-bond acceptors (Lipinski definition) is 4. The van der Waals surface area contributed by atoms with E-state index in [0.717, 1.165) is 24.6 Å². The van der Waals surface area contributed by atoms with Gasteiger partial charge < -0.3 is 15.5 Å². The van der Waals surface area contributed by atoms with Crippen molar-refractivity contribution in [3.63, 3.8) is 0 Å². The van der Waals surface area contributed by atoms with Crippen LogP contribution in [0.2, 0.25) is 0 Å². The lowest BCUT2D eigenvalue weighted by Gasteiger charge is -2.37. The summed E-state index contributed by atoms with van der Waals surface area (Å²) in [6, 6.07) is 0.00404. The number of amides is 1. The van der Waals surface area contributed by atoms with Crippen molar-refractivity contribution in [2.24, 2.45) is 0 Å². The first kappa shape index (κ1) is 14.2. The zero-order valence-electron chi connectivity index (χ0n) is 11.5. The molecule has 1 atom stereocenters. The predicted molar refractivity (Wildman–Crippen MR) is 77.0 cm³/mol. The summed E-state index contributed by atoms with van der Waals surface area (Å²) < 4.78 is 0. The molecule has 4 nitrogen and oxygen atoms in total. The molecule has 0 aromatic rings. The first-order valence-electron chi connectivity index (χ1n) is 6.90. The molecule has 2 N–H and O–H groups in total. The molecule has 2 fully saturated rings. The Bertz CT molecular complexity index is 284. The molecule has 2 rings (SSSR count). The number of thioether (sulfide) groups is 1. The second-order valence-electron chi connectivity index (χ2n) is 5.63. The number of hydrogen-bond donors (Lipinski definition) is 2. The van der Waals surface area contributed by atoms with Crippen molar-refractivity contribution in [3.8, 4) is 0 Å². The van der Waals surface area contributed by atoms with Crippen LogP contribution in [0.5, 0.6) is 0 Å². The van der Waals surface area contributed by atoms with Gasteiger partial charge >= 0.3 is 0 Å². The number of likely N-dealkylation sites (N-methyl/N-ethyl adjacent to an activating group) is 1. The van der Waals surface area contributed by atoms with E-state index in [0.29, 0.717) is 0 Å². The van der Waals surface area contributed by atoms with Crippen LogP contribution in [-0.2, 0) is 4.79 Å². The lowest BCUT2D eigenvalue weighted by atomic mass is 9.96. The average Bonchev–Trinajstić information content (AvgIpc) is 2.87. The summed E-state index contributed by atoms with van der Waals surface area (Å²) in [6.45, 7) is 1.74. The van der Waals surface area contributed by atoms with Crippen LogP contribution in [0.4, 0.5) is 0 Å². The van der Waals surface area contributed by atoms with E-state index in [2.05, 4.69) is 29.6 Å². The first-order chi connectivity index (χ1) is 8.64. The highest BCUT2D eigenvalue weighted by Crippen LogP contribution is 2.33. The Morgan fingerprint density at radius 3 is 2.72 bits per heavy atom. The quantitative estimate of drug-likeness (QED) is 0.789. The minimum absolute atomic E-state index is 0.00404. The van der Waals surface area contributed by atoms with Gasteiger partial charge in [0.2, 0.25) is 5.91 Å². The van der Waals surface area contributed by atoms with Crippen molar-refractivity contribution >= 4 is 17.7 Å². The van der Waals surface area contributed by atoms with Crippen LogP contribution < -0.4 is 10.6 Å². The summed E-state index contributed by atoms with van der Waals surface area (Å²) in [6.07, 6.45) is 4.97. The van der Waals surface area contributed by atoms with Crippen molar-refractivity contribution in [3.05, 3.63) is 0 Å². The smallest absolute Gasteiger partial charge is 0.238 e. The van der Waals surface area contributed by atoms with Crippen molar-refractivity contribution in [1.29, 1.82) is 0 Å². The van der Waals surface area contributed by atoms with E-state index in [9.17, 15) is 4.79 Å². The fourth-order valence-corrected chi connectivity index (χ4v) is 3.86. The number of nitrogens with zero attached hydrogens (tertiary/aromatic N) is 1. The van der Waals surface area contributed by atoms with Gasteiger partial charge in [-0.15, -0.1) is 0 Å². The van der Waals surface area contributed by atoms with Gasteiger partial charge in [-0.2, -0.15) is 11.8 Å². The van der Waals surface area contributed by atoms with Crippen LogP contribution in [0.1, 0.15) is 25.7 Å². The van der Waals surface area contributed by atoms with Gasteiger partial charge in [0.1, 0.15) is 0 Å². The maximum absolute atomic E-state index is 12.1. The third-order valence-electron chi connectivity index (χ3n) is 4.31. The molecule has 1 unspecified atom stereocenters. The summed E-state index contributed by atoms with van der Waals surface area (Å²) in [5.74, 6) is 2.20. The lowest BCUT2D eigenvalue weighted by Crippen LogP contribution is -2.55. The summed E-state index contributed by atoms with van der Waals surface area (Å²) >= 11 is 1.86. The number of nitrogens with one attached hydrogen (secondary N) is 2. The number of carbonyl (C=O) groups excluding carboxylic acids is 1. The molecule has 1 aliphatic heterocycles. The zero-order chi connectivity index (χ0) is 13.0. The first-order valence-corrected chi connectivity index (χ1v) is 8.06. The molecule has 0 radical (unpaired) electrons. The van der Waals surface area contributed by atoms with Gasteiger partial charge in [-0.05, 0) is 26.9 Å². The van der Waals surface area contributed by atoms with Crippen LogP contribution in [-0.4, -0.2) is 61.1 Å². The molecule has 5 heteroatoms. The third kappa shape index (κ3) is 3.19. The minimum atomic E-state index is 0.00404. The van der Waals surface area contributed by atoms with Crippen molar-refractivity contribution < 1.29 is 4.79 Å². The highest BCUT2D eigenvalue weighted by molar-refractivity contribution is 7.99. The Kier molecular flexibility index (Phi) is 4.92. The molecule has 18 heavy (non-hydrogen) atoms. The Morgan fingerprint density at radius 1 is 1.44 bits per heavy atom. The largest absolute Gasteiger partial charge is 0.353 e. The maximum atomic E-state index is 12.1. The molecule has 1 saturated heterocycles. The number of carbonyl (C=O) groups is 1. The Morgan fingerprint density at radius 2 is 2.17 bits per heavy atom. The van der Waals surface area contributed by atoms with E-state index in [1.165, 1.54) is 25.7 Å². The number of rotatable bonds is 4. The average molecular weight is 271 g/mol. The van der Waals surface area contributed by atoms with Gasteiger partial charge in [-0.25, -0.2) is 0 Å². The Hall–Kier alpha value is -0.260. The van der Waals surface area contributed by atoms with E-state index in [-0.39, 0.29) is 17.5 Å². The van der Waals surface area contributed by atoms with E-state index < -0.39 is 0 Å². The highest BCUT2D eigenvalue weighted by atomic mass is 32.2. The molecule has 1 aliphatic carbocycles. The summed E-state index contributed by atoms with van der Waals surface area (Å²) in [4.78, 5) is 14.4. The van der Waals surface area contributed by atoms with Gasteiger partial charge in [0.25, 0.3) is 0 Å². The SMILES string of the molecule is CN(C)C1(CNC(=O)C2CSCCN2)CCCC1. The maximum Gasteiger partial charge on any atom is 0.238 e. The van der Waals surface area contributed by atoms with E-state index in [1.54, 1.807) is 0 Å². The van der Waals surface area contributed by atoms with Crippen molar-refractivity contribution in [1.82, 2.24) is 15.5 Å². The van der Waals surface area contributed by atoms with Gasteiger partial charge in [0, 0.05) is 30.1 Å². The van der Waals surface area contributed by atoms with E-state index >= 15 is 0 Å². The fraction of sp³-hybridized carbons (Fsp3) is 0.923. The highest BCUT2D eigenvalue weighted by Gasteiger charge is 2.36. The molecule has 0 spiro atoms. The Balaban J connectivity index is 1.83. The zero-order valence-corrected chi connectivity index (χ0v) is 12.3. The third-order valence-corrected chi connectivity index (χ3v) is 5.37. The van der Waals surface area contributed by atoms with Crippen LogP contribution in [0.15, 0.2) is 0 Å². The summed E-state index contributed by atoms with van der Waals surface area (Å²) in [5.41, 5.74) is 0.192. The van der Waals surface area contributed by atoms with Gasteiger partial charge in [-0.3, -0.25) is 4.79 Å². The summed E-state index contributed by atoms with van der Waals surface area (Å²) in [5, 5.41) is 6.45. The second-order valence-corrected chi connectivity index (χ2v) is 6.78. The lowest BCUT2D eigenvalue weighted by molar-refractivity contribution is -0.123. The molecule has 0 aromatic heterocycles. The molecule has 1 heterocycles. The minimum Gasteiger partial charge on any atom is -0.353 e. The monoisotopic (exact) mass is 271 g/mol. The molecular weight excluding hydrogens is 246 g/mol. The van der Waals surface area contributed by atoms with Crippen LogP contribution in [0.25, 0.3) is 0 Å². The molecular formula is C13H25N3OS. The van der Waals surface area contributed by atoms with E-state index in [1.807, 2.05) is 11.8 Å². The second kappa shape index (κ2) is 6.26. The van der Waals surface area contributed by atoms with Crippen LogP contribution in [0, 0.1) is 0 Å². The Labute approximate surface area is 114 Å². The molecule has 2 aliphatic rings. The van der Waals surface area contributed by atoms with Crippen molar-refractivity contribution in [2.45, 2.75) is 37.3 Å². The fourth-order valence-electron chi connectivity index (χ4n) is 2.92. The molecule has 1 saturated carbocycles.